The molecule has 4 heteroatoms. The Morgan fingerprint density at radius 1 is 1.09 bits per heavy atom. The van der Waals surface area contributed by atoms with Crippen LogP contribution in [0.5, 0.6) is 0 Å². The number of hydrogen-bond acceptors (Lipinski definition) is 3. The van der Waals surface area contributed by atoms with Gasteiger partial charge in [-0.15, -0.1) is 0 Å². The summed E-state index contributed by atoms with van der Waals surface area (Å²) in [6, 6.07) is 13.9. The minimum atomic E-state index is 0.0753. The second-order valence-corrected chi connectivity index (χ2v) is 5.50. The molecule has 2 aromatic carbocycles. The molecule has 1 aromatic heterocycles. The van der Waals surface area contributed by atoms with E-state index in [0.29, 0.717) is 13.1 Å². The van der Waals surface area contributed by atoms with Crippen LogP contribution in [0.15, 0.2) is 55.0 Å². The predicted molar refractivity (Wildman–Crippen MR) is 84.4 cm³/mol. The molecule has 0 aliphatic carbocycles. The summed E-state index contributed by atoms with van der Waals surface area (Å²) in [6.07, 6.45) is 4.17. The molecule has 0 saturated carbocycles. The third kappa shape index (κ3) is 2.13. The monoisotopic (exact) mass is 289 g/mol. The normalized spacial score (nSPS) is 13.9. The average molecular weight is 289 g/mol. The largest absolute Gasteiger partial charge is 0.334 e. The van der Waals surface area contributed by atoms with Crippen LogP contribution in [-0.2, 0) is 13.0 Å². The molecular formula is C18H15N3O. The van der Waals surface area contributed by atoms with Crippen molar-refractivity contribution in [1.82, 2.24) is 14.9 Å². The molecule has 0 spiro atoms. The van der Waals surface area contributed by atoms with Crippen molar-refractivity contribution in [3.8, 4) is 0 Å². The van der Waals surface area contributed by atoms with Gasteiger partial charge in [0.1, 0.15) is 6.33 Å². The van der Waals surface area contributed by atoms with Gasteiger partial charge >= 0.3 is 0 Å². The molecule has 0 saturated heterocycles. The molecule has 0 unspecified atom stereocenters. The minimum absolute atomic E-state index is 0.0753. The van der Waals surface area contributed by atoms with Crippen molar-refractivity contribution in [2.24, 2.45) is 0 Å². The summed E-state index contributed by atoms with van der Waals surface area (Å²) in [5.41, 5.74) is 2.86. The zero-order chi connectivity index (χ0) is 14.9. The molecule has 4 rings (SSSR count). The fourth-order valence-electron chi connectivity index (χ4n) is 3.02. The second-order valence-electron chi connectivity index (χ2n) is 5.50. The van der Waals surface area contributed by atoms with Crippen LogP contribution in [0.25, 0.3) is 10.8 Å². The van der Waals surface area contributed by atoms with E-state index in [9.17, 15) is 4.79 Å². The third-order valence-corrected chi connectivity index (χ3v) is 4.17. The molecule has 2 heterocycles. The van der Waals surface area contributed by atoms with E-state index in [2.05, 4.69) is 9.97 Å². The van der Waals surface area contributed by atoms with Crippen LogP contribution < -0.4 is 0 Å². The van der Waals surface area contributed by atoms with Gasteiger partial charge in [0, 0.05) is 36.8 Å². The van der Waals surface area contributed by atoms with E-state index in [4.69, 9.17) is 0 Å². The van der Waals surface area contributed by atoms with Gasteiger partial charge in [0.2, 0.25) is 0 Å². The van der Waals surface area contributed by atoms with Crippen LogP contribution >= 0.6 is 0 Å². The first kappa shape index (κ1) is 13.0. The van der Waals surface area contributed by atoms with Crippen LogP contribution in [0.1, 0.15) is 21.6 Å². The van der Waals surface area contributed by atoms with Gasteiger partial charge < -0.3 is 4.90 Å². The highest BCUT2D eigenvalue weighted by Crippen LogP contribution is 2.23. The molecule has 0 fully saturated rings. The van der Waals surface area contributed by atoms with E-state index in [1.807, 2.05) is 53.6 Å². The number of rotatable bonds is 1. The van der Waals surface area contributed by atoms with Crippen LogP contribution in [0, 0.1) is 0 Å². The van der Waals surface area contributed by atoms with Gasteiger partial charge in [-0.25, -0.2) is 9.97 Å². The van der Waals surface area contributed by atoms with Gasteiger partial charge in [0.05, 0.1) is 5.69 Å². The minimum Gasteiger partial charge on any atom is -0.334 e. The number of benzene rings is 2. The zero-order valence-electron chi connectivity index (χ0n) is 12.1. The maximum Gasteiger partial charge on any atom is 0.254 e. The number of nitrogens with zero attached hydrogens (tertiary/aromatic N) is 3. The van der Waals surface area contributed by atoms with E-state index in [1.54, 1.807) is 6.33 Å². The molecule has 0 bridgehead atoms. The molecule has 1 aliphatic rings. The van der Waals surface area contributed by atoms with Crippen LogP contribution in [-0.4, -0.2) is 27.3 Å². The molecule has 3 aromatic rings. The van der Waals surface area contributed by atoms with E-state index in [-0.39, 0.29) is 5.91 Å². The smallest absolute Gasteiger partial charge is 0.254 e. The molecule has 0 N–H and O–H groups in total. The molecule has 1 aliphatic heterocycles. The number of hydrogen-bond donors (Lipinski definition) is 0. The SMILES string of the molecule is O=C(c1cccc2ccccc12)N1CCc2ncncc2C1. The van der Waals surface area contributed by atoms with E-state index >= 15 is 0 Å². The maximum absolute atomic E-state index is 12.9. The Kier molecular flexibility index (Phi) is 3.07. The molecule has 0 atom stereocenters. The fraction of sp³-hybridized carbons (Fsp3) is 0.167. The van der Waals surface area contributed by atoms with Gasteiger partial charge in [-0.1, -0.05) is 36.4 Å². The lowest BCUT2D eigenvalue weighted by Gasteiger charge is -2.28. The van der Waals surface area contributed by atoms with E-state index in [0.717, 1.165) is 34.0 Å². The Morgan fingerprint density at radius 3 is 2.91 bits per heavy atom. The molecule has 4 nitrogen and oxygen atoms in total. The topological polar surface area (TPSA) is 46.1 Å². The predicted octanol–water partition coefficient (Wildman–Crippen LogP) is 2.83. The Morgan fingerprint density at radius 2 is 1.95 bits per heavy atom. The molecule has 108 valence electrons. The van der Waals surface area contributed by atoms with Crippen molar-refractivity contribution in [1.29, 1.82) is 0 Å². The first-order valence-electron chi connectivity index (χ1n) is 7.38. The number of fused-ring (bicyclic) bond motifs is 2. The van der Waals surface area contributed by atoms with Gasteiger partial charge in [0.15, 0.2) is 0 Å². The summed E-state index contributed by atoms with van der Waals surface area (Å²) in [5.74, 6) is 0.0753. The summed E-state index contributed by atoms with van der Waals surface area (Å²) in [7, 11) is 0. The first-order valence-corrected chi connectivity index (χ1v) is 7.38. The zero-order valence-corrected chi connectivity index (χ0v) is 12.1. The Bertz CT molecular complexity index is 854. The van der Waals surface area contributed by atoms with Crippen molar-refractivity contribution in [2.45, 2.75) is 13.0 Å². The highest BCUT2D eigenvalue weighted by molar-refractivity contribution is 6.07. The third-order valence-electron chi connectivity index (χ3n) is 4.17. The van der Waals surface area contributed by atoms with Crippen molar-refractivity contribution in [3.05, 3.63) is 71.8 Å². The van der Waals surface area contributed by atoms with E-state index < -0.39 is 0 Å². The molecule has 1 amide bonds. The maximum atomic E-state index is 12.9. The standard InChI is InChI=1S/C18H15N3O/c22-18(16-7-3-5-13-4-1-2-6-15(13)16)21-9-8-17-14(11-21)10-19-12-20-17/h1-7,10,12H,8-9,11H2. The highest BCUT2D eigenvalue weighted by atomic mass is 16.2. The van der Waals surface area contributed by atoms with Crippen molar-refractivity contribution in [2.75, 3.05) is 6.54 Å². The van der Waals surface area contributed by atoms with Crippen LogP contribution in [0.3, 0.4) is 0 Å². The highest BCUT2D eigenvalue weighted by Gasteiger charge is 2.23. The summed E-state index contributed by atoms with van der Waals surface area (Å²) in [5, 5.41) is 2.10. The number of aromatic nitrogens is 2. The van der Waals surface area contributed by atoms with E-state index in [1.165, 1.54) is 0 Å². The summed E-state index contributed by atoms with van der Waals surface area (Å²) < 4.78 is 0. The quantitative estimate of drug-likeness (QED) is 0.692. The summed E-state index contributed by atoms with van der Waals surface area (Å²) in [6.45, 7) is 1.28. The molecule has 22 heavy (non-hydrogen) atoms. The lowest BCUT2D eigenvalue weighted by Crippen LogP contribution is -2.36. The van der Waals surface area contributed by atoms with Gasteiger partial charge in [-0.05, 0) is 16.8 Å². The van der Waals surface area contributed by atoms with Crippen LogP contribution in [0.4, 0.5) is 0 Å². The van der Waals surface area contributed by atoms with Gasteiger partial charge in [-0.3, -0.25) is 4.79 Å². The van der Waals surface area contributed by atoms with Gasteiger partial charge in [0.25, 0.3) is 5.91 Å². The number of carbonyl (C=O) groups is 1. The fourth-order valence-corrected chi connectivity index (χ4v) is 3.02. The Labute approximate surface area is 128 Å². The number of carbonyl (C=O) groups excluding carboxylic acids is 1. The Balaban J connectivity index is 1.70. The van der Waals surface area contributed by atoms with Gasteiger partial charge in [-0.2, -0.15) is 0 Å². The van der Waals surface area contributed by atoms with Crippen LogP contribution in [0.2, 0.25) is 0 Å². The molecule has 0 radical (unpaired) electrons. The van der Waals surface area contributed by atoms with Crippen molar-refractivity contribution < 1.29 is 4.79 Å². The second kappa shape index (κ2) is 5.22. The lowest BCUT2D eigenvalue weighted by atomic mass is 10.0. The number of amides is 1. The summed E-state index contributed by atoms with van der Waals surface area (Å²) >= 11 is 0. The average Bonchev–Trinajstić information content (AvgIpc) is 2.60. The van der Waals surface area contributed by atoms with Crippen molar-refractivity contribution in [3.63, 3.8) is 0 Å². The summed E-state index contributed by atoms with van der Waals surface area (Å²) in [4.78, 5) is 23.1. The Hall–Kier alpha value is -2.75. The van der Waals surface area contributed by atoms with Crippen molar-refractivity contribution >= 4 is 16.7 Å². The molecular weight excluding hydrogens is 274 g/mol. The first-order chi connectivity index (χ1) is 10.8. The lowest BCUT2D eigenvalue weighted by molar-refractivity contribution is 0.0735.